The van der Waals surface area contributed by atoms with Crippen molar-refractivity contribution in [3.63, 3.8) is 0 Å². The van der Waals surface area contributed by atoms with E-state index in [1.54, 1.807) is 67.3 Å². The van der Waals surface area contributed by atoms with E-state index in [2.05, 4.69) is 17.2 Å². The van der Waals surface area contributed by atoms with Crippen LogP contribution in [0.1, 0.15) is 66.3 Å². The van der Waals surface area contributed by atoms with Crippen molar-refractivity contribution in [3.05, 3.63) is 131 Å². The first-order valence-electron chi connectivity index (χ1n) is 18.5. The minimum Gasteiger partial charge on any atom is -0.508 e. The lowest BCUT2D eigenvalue weighted by atomic mass is 9.65. The van der Waals surface area contributed by atoms with Gasteiger partial charge in [0.2, 0.25) is 5.91 Å². The maximum atomic E-state index is 15.8. The molecule has 57 heavy (non-hydrogen) atoms. The number of nitrogens with zero attached hydrogens (tertiary/aromatic N) is 2. The normalized spacial score (nSPS) is 24.2. The zero-order valence-corrected chi connectivity index (χ0v) is 31.4. The standard InChI is InChI=1S/C44H41N3O10/c1-25(2)34(40(52)56-3)45-43(55)46-32-22-17-26(12-10-11-23-48)24-31(32)44(42(46)54)33(39(50)51)36-41(53)57-37(28-15-8-5-9-16-28)35(27-13-6-4-7-14-27)47(36)38(44)29-18-20-30(49)21-19-29/h4-9,13-22,24-25,33-38,48-49H,11,23H2,1-3H3,(H,45,55)(H,50,51). The lowest BCUT2D eigenvalue weighted by molar-refractivity contribution is -0.179. The second kappa shape index (κ2) is 15.6. The van der Waals surface area contributed by atoms with Gasteiger partial charge in [0.25, 0.3) is 0 Å². The first-order chi connectivity index (χ1) is 27.4. The van der Waals surface area contributed by atoms with Crippen LogP contribution in [0.25, 0.3) is 0 Å². The number of hydrogen-bond acceptors (Lipinski definition) is 10. The number of aliphatic hydroxyl groups is 1. The second-order valence-electron chi connectivity index (χ2n) is 14.5. The fourth-order valence-corrected chi connectivity index (χ4v) is 8.66. The maximum absolute atomic E-state index is 15.8. The van der Waals surface area contributed by atoms with E-state index < -0.39 is 77.4 Å². The van der Waals surface area contributed by atoms with Crippen molar-refractivity contribution in [1.82, 2.24) is 10.2 Å². The summed E-state index contributed by atoms with van der Waals surface area (Å²) in [5.74, 6) is -0.685. The number of cyclic esters (lactones) is 1. The van der Waals surface area contributed by atoms with Crippen LogP contribution in [0.2, 0.25) is 0 Å². The third-order valence-electron chi connectivity index (χ3n) is 11.0. The van der Waals surface area contributed by atoms with Gasteiger partial charge in [0.15, 0.2) is 0 Å². The Bertz CT molecular complexity index is 2270. The molecule has 0 radical (unpaired) electrons. The molecule has 1 spiro atoms. The van der Waals surface area contributed by atoms with Gasteiger partial charge in [0.05, 0.1) is 31.5 Å². The number of aliphatic carboxylic acids is 1. The number of ether oxygens (including phenoxy) is 2. The highest BCUT2D eigenvalue weighted by Crippen LogP contribution is 2.65. The van der Waals surface area contributed by atoms with Gasteiger partial charge in [0, 0.05) is 12.0 Å². The van der Waals surface area contributed by atoms with Gasteiger partial charge in [-0.05, 0) is 58.5 Å². The number of nitrogens with one attached hydrogen (secondary N) is 1. The minimum absolute atomic E-state index is 0.0247. The Kier molecular flexibility index (Phi) is 10.6. The smallest absolute Gasteiger partial charge is 0.329 e. The molecule has 0 saturated carbocycles. The quantitative estimate of drug-likeness (QED) is 0.143. The number of hydrogen-bond donors (Lipinski definition) is 4. The third kappa shape index (κ3) is 6.46. The van der Waals surface area contributed by atoms with Crippen LogP contribution in [-0.4, -0.2) is 75.9 Å². The van der Waals surface area contributed by atoms with E-state index in [1.807, 2.05) is 36.4 Å². The Hall–Kier alpha value is -6.49. The number of phenolic OH excluding ortho intramolecular Hbond substituents is 1. The van der Waals surface area contributed by atoms with Gasteiger partial charge in [-0.25, -0.2) is 14.5 Å². The molecule has 7 unspecified atom stereocenters. The second-order valence-corrected chi connectivity index (χ2v) is 14.5. The van der Waals surface area contributed by atoms with Crippen LogP contribution in [0.5, 0.6) is 5.75 Å². The first kappa shape index (κ1) is 38.8. The number of esters is 2. The average molecular weight is 772 g/mol. The van der Waals surface area contributed by atoms with E-state index in [0.717, 1.165) is 4.90 Å². The van der Waals surface area contributed by atoms with Crippen LogP contribution in [0, 0.1) is 23.7 Å². The summed E-state index contributed by atoms with van der Waals surface area (Å²) in [6.07, 6.45) is -0.839. The zero-order valence-electron chi connectivity index (χ0n) is 31.4. The number of aliphatic hydroxyl groups excluding tert-OH is 1. The number of carbonyl (C=O) groups excluding carboxylic acids is 4. The van der Waals surface area contributed by atoms with E-state index in [0.29, 0.717) is 22.3 Å². The van der Waals surface area contributed by atoms with Crippen molar-refractivity contribution in [3.8, 4) is 17.6 Å². The lowest BCUT2D eigenvalue weighted by Gasteiger charge is -2.46. The van der Waals surface area contributed by atoms with Gasteiger partial charge in [0.1, 0.15) is 35.3 Å². The summed E-state index contributed by atoms with van der Waals surface area (Å²) in [5, 5.41) is 34.0. The van der Waals surface area contributed by atoms with Crippen LogP contribution in [-0.2, 0) is 34.1 Å². The van der Waals surface area contributed by atoms with Gasteiger partial charge in [-0.1, -0.05) is 98.5 Å². The molecular weight excluding hydrogens is 730 g/mol. The van der Waals surface area contributed by atoms with Crippen molar-refractivity contribution < 1.29 is 48.8 Å². The minimum atomic E-state index is -2.22. The number of rotatable bonds is 8. The zero-order chi connectivity index (χ0) is 40.6. The summed E-state index contributed by atoms with van der Waals surface area (Å²) >= 11 is 0. The van der Waals surface area contributed by atoms with E-state index in [9.17, 15) is 34.5 Å². The summed E-state index contributed by atoms with van der Waals surface area (Å²) in [5.41, 5.74) is -0.0735. The van der Waals surface area contributed by atoms with Crippen LogP contribution >= 0.6 is 0 Å². The highest BCUT2D eigenvalue weighted by molar-refractivity contribution is 6.24. The number of carboxylic acids is 1. The average Bonchev–Trinajstić information content (AvgIpc) is 3.67. The number of urea groups is 1. The lowest BCUT2D eigenvalue weighted by Crippen LogP contribution is -2.56. The van der Waals surface area contributed by atoms with Crippen LogP contribution < -0.4 is 10.2 Å². The number of carboxylic acid groups (broad SMARTS) is 1. The Labute approximate surface area is 328 Å². The van der Waals surface area contributed by atoms with E-state index in [-0.39, 0.29) is 30.0 Å². The van der Waals surface area contributed by atoms with E-state index in [1.165, 1.54) is 25.3 Å². The molecule has 2 fully saturated rings. The van der Waals surface area contributed by atoms with Gasteiger partial charge in [-0.15, -0.1) is 0 Å². The molecule has 292 valence electrons. The number of aromatic hydroxyl groups is 1. The topological polar surface area (TPSA) is 183 Å². The molecule has 4 aromatic carbocycles. The molecule has 7 rings (SSSR count). The number of anilines is 1. The molecule has 13 heteroatoms. The van der Waals surface area contributed by atoms with Gasteiger partial charge >= 0.3 is 23.9 Å². The molecule has 0 aliphatic carbocycles. The predicted molar refractivity (Wildman–Crippen MR) is 205 cm³/mol. The monoisotopic (exact) mass is 771 g/mol. The van der Waals surface area contributed by atoms with E-state index >= 15 is 4.79 Å². The molecule has 3 heterocycles. The molecule has 4 N–H and O–H groups in total. The van der Waals surface area contributed by atoms with Crippen molar-refractivity contribution >= 4 is 35.5 Å². The van der Waals surface area contributed by atoms with Crippen molar-refractivity contribution in [1.29, 1.82) is 0 Å². The largest absolute Gasteiger partial charge is 0.508 e. The van der Waals surface area contributed by atoms with Crippen LogP contribution in [0.15, 0.2) is 103 Å². The number of imide groups is 1. The van der Waals surface area contributed by atoms with E-state index in [4.69, 9.17) is 9.47 Å². The molecule has 3 aliphatic rings. The number of methoxy groups -OCH3 is 1. The SMILES string of the molecule is COC(=O)C(NC(=O)N1C(=O)C2(c3cc(C#CCCO)ccc31)C(C(=O)O)C1C(=O)OC(c3ccccc3)C(c3ccccc3)N1C2c1ccc(O)cc1)C(C)C. The maximum Gasteiger partial charge on any atom is 0.329 e. The molecule has 7 atom stereocenters. The molecule has 4 aromatic rings. The fraction of sp³-hybridized carbons (Fsp3) is 0.295. The number of morpholine rings is 1. The highest BCUT2D eigenvalue weighted by Gasteiger charge is 2.76. The van der Waals surface area contributed by atoms with Crippen LogP contribution in [0.3, 0.4) is 0 Å². The van der Waals surface area contributed by atoms with Crippen molar-refractivity contribution in [2.45, 2.75) is 56.0 Å². The summed E-state index contributed by atoms with van der Waals surface area (Å²) in [7, 11) is 1.17. The Morgan fingerprint density at radius 1 is 0.895 bits per heavy atom. The first-order valence-corrected chi connectivity index (χ1v) is 18.5. The van der Waals surface area contributed by atoms with Crippen molar-refractivity contribution in [2.24, 2.45) is 11.8 Å². The summed E-state index contributed by atoms with van der Waals surface area (Å²) in [4.78, 5) is 74.4. The predicted octanol–water partition coefficient (Wildman–Crippen LogP) is 4.78. The molecule has 2 saturated heterocycles. The molecule has 3 amide bonds. The number of carbonyl (C=O) groups is 5. The summed E-state index contributed by atoms with van der Waals surface area (Å²) in [6.45, 7) is 3.17. The Morgan fingerprint density at radius 3 is 2.14 bits per heavy atom. The number of benzene rings is 4. The Morgan fingerprint density at radius 2 is 1.54 bits per heavy atom. The van der Waals surface area contributed by atoms with Gasteiger partial charge in [-0.2, -0.15) is 0 Å². The number of amides is 3. The molecular formula is C44H41N3O10. The summed E-state index contributed by atoms with van der Waals surface area (Å²) < 4.78 is 11.2. The third-order valence-corrected chi connectivity index (χ3v) is 11.0. The molecule has 0 bridgehead atoms. The number of phenols is 1. The molecule has 0 aromatic heterocycles. The Balaban J connectivity index is 1.55. The molecule has 3 aliphatic heterocycles. The van der Waals surface area contributed by atoms with Crippen molar-refractivity contribution in [2.75, 3.05) is 18.6 Å². The number of fused-ring (bicyclic) bond motifs is 3. The highest BCUT2D eigenvalue weighted by atomic mass is 16.6. The summed E-state index contributed by atoms with van der Waals surface area (Å²) in [6, 6.07) is 22.8. The molecule has 13 nitrogen and oxygen atoms in total. The fourth-order valence-electron chi connectivity index (χ4n) is 8.66. The van der Waals surface area contributed by atoms with Gasteiger partial charge < -0.3 is 30.1 Å². The van der Waals surface area contributed by atoms with Crippen LogP contribution in [0.4, 0.5) is 10.5 Å². The van der Waals surface area contributed by atoms with Gasteiger partial charge in [-0.3, -0.25) is 19.3 Å².